The van der Waals surface area contributed by atoms with Crippen molar-refractivity contribution in [3.63, 3.8) is 0 Å². The van der Waals surface area contributed by atoms with Gasteiger partial charge in [0.05, 0.1) is 23.6 Å². The van der Waals surface area contributed by atoms with Crippen LogP contribution in [0.15, 0.2) is 48.5 Å². The molecule has 0 fully saturated rings. The molecule has 0 saturated heterocycles. The summed E-state index contributed by atoms with van der Waals surface area (Å²) in [7, 11) is 0. The molecule has 0 bridgehead atoms. The number of rotatable bonds is 15. The number of ether oxygens (including phenoxy) is 2. The van der Waals surface area contributed by atoms with Crippen molar-refractivity contribution in [3.05, 3.63) is 48.5 Å². The molecule has 0 radical (unpaired) electrons. The summed E-state index contributed by atoms with van der Waals surface area (Å²) in [6.45, 7) is 7.86. The van der Waals surface area contributed by atoms with Gasteiger partial charge in [-0.15, -0.1) is 0 Å². The molecule has 0 atom stereocenters. The van der Waals surface area contributed by atoms with Gasteiger partial charge in [0.2, 0.25) is 11.8 Å². The van der Waals surface area contributed by atoms with Crippen LogP contribution in [0, 0.1) is 0 Å². The van der Waals surface area contributed by atoms with Gasteiger partial charge in [-0.3, -0.25) is 9.59 Å². The van der Waals surface area contributed by atoms with Crippen LogP contribution in [-0.4, -0.2) is 24.0 Å². The van der Waals surface area contributed by atoms with Crippen LogP contribution in [0.5, 0.6) is 11.5 Å². The Morgan fingerprint density at radius 1 is 0.618 bits per heavy atom. The van der Waals surface area contributed by atoms with Crippen LogP contribution in [0.2, 0.25) is 0 Å². The molecule has 2 aromatic rings. The number of nitrogens with one attached hydrogen (secondary N) is 2. The third kappa shape index (κ3) is 10.7. The van der Waals surface area contributed by atoms with E-state index in [1.54, 1.807) is 0 Å². The Kier molecular flexibility index (Phi) is 12.0. The lowest BCUT2D eigenvalue weighted by Gasteiger charge is -2.14. The second kappa shape index (κ2) is 15.0. The molecule has 0 saturated carbocycles. The first-order chi connectivity index (χ1) is 16.3. The average Bonchev–Trinajstić information content (AvgIpc) is 2.77. The first-order valence-electron chi connectivity index (χ1n) is 12.5. The fraction of sp³-hybridized carbons (Fsp3) is 0.500. The third-order valence-electron chi connectivity index (χ3n) is 5.11. The number of carbonyl (C=O) groups excluding carboxylic acids is 2. The zero-order valence-electron chi connectivity index (χ0n) is 21.1. The van der Waals surface area contributed by atoms with Crippen molar-refractivity contribution in [3.8, 4) is 11.5 Å². The smallest absolute Gasteiger partial charge is 0.224 e. The van der Waals surface area contributed by atoms with Crippen molar-refractivity contribution in [2.45, 2.75) is 91.3 Å². The monoisotopic (exact) mass is 468 g/mol. The largest absolute Gasteiger partial charge is 0.489 e. The molecule has 0 unspecified atom stereocenters. The van der Waals surface area contributed by atoms with Crippen LogP contribution in [0.3, 0.4) is 0 Å². The highest BCUT2D eigenvalue weighted by Crippen LogP contribution is 2.26. The van der Waals surface area contributed by atoms with Gasteiger partial charge in [-0.05, 0) is 64.8 Å². The zero-order chi connectivity index (χ0) is 24.8. The Bertz CT molecular complexity index is 822. The first kappa shape index (κ1) is 27.2. The second-order valence-corrected chi connectivity index (χ2v) is 9.04. The van der Waals surface area contributed by atoms with Gasteiger partial charge in [0, 0.05) is 12.8 Å². The SMILES string of the molecule is CC(C)Oc1ccccc1NC(=O)CCCCCCCCC(=O)Nc1ccccc1OC(C)C. The molecule has 0 aliphatic rings. The molecule has 0 aliphatic carbocycles. The van der Waals surface area contributed by atoms with Crippen LogP contribution >= 0.6 is 0 Å². The van der Waals surface area contributed by atoms with Gasteiger partial charge in [-0.1, -0.05) is 49.9 Å². The third-order valence-corrected chi connectivity index (χ3v) is 5.11. The van der Waals surface area contributed by atoms with E-state index in [-0.39, 0.29) is 24.0 Å². The lowest BCUT2D eigenvalue weighted by Crippen LogP contribution is -2.14. The van der Waals surface area contributed by atoms with Crippen molar-refractivity contribution in [1.29, 1.82) is 0 Å². The molecule has 2 rings (SSSR count). The van der Waals surface area contributed by atoms with E-state index in [1.165, 1.54) is 0 Å². The maximum absolute atomic E-state index is 12.3. The highest BCUT2D eigenvalue weighted by Gasteiger charge is 2.10. The van der Waals surface area contributed by atoms with Crippen molar-refractivity contribution >= 4 is 23.2 Å². The van der Waals surface area contributed by atoms with Gasteiger partial charge in [0.15, 0.2) is 0 Å². The summed E-state index contributed by atoms with van der Waals surface area (Å²) in [6, 6.07) is 15.0. The van der Waals surface area contributed by atoms with Crippen LogP contribution in [0.4, 0.5) is 11.4 Å². The van der Waals surface area contributed by atoms with Gasteiger partial charge in [-0.2, -0.15) is 0 Å². The summed E-state index contributed by atoms with van der Waals surface area (Å²) in [6.07, 6.45) is 6.94. The summed E-state index contributed by atoms with van der Waals surface area (Å²) < 4.78 is 11.5. The fourth-order valence-electron chi connectivity index (χ4n) is 3.56. The van der Waals surface area contributed by atoms with E-state index < -0.39 is 0 Å². The normalized spacial score (nSPS) is 10.9. The quantitative estimate of drug-likeness (QED) is 0.277. The lowest BCUT2D eigenvalue weighted by atomic mass is 10.1. The molecule has 0 aromatic heterocycles. The topological polar surface area (TPSA) is 76.7 Å². The summed E-state index contributed by atoms with van der Waals surface area (Å²) in [5.74, 6) is 1.42. The van der Waals surface area contributed by atoms with Crippen LogP contribution < -0.4 is 20.1 Å². The number of unbranched alkanes of at least 4 members (excludes halogenated alkanes) is 5. The van der Waals surface area contributed by atoms with E-state index in [0.717, 1.165) is 49.9 Å². The van der Waals surface area contributed by atoms with E-state index >= 15 is 0 Å². The summed E-state index contributed by atoms with van der Waals surface area (Å²) in [5.41, 5.74) is 1.44. The van der Waals surface area contributed by atoms with Crippen molar-refractivity contribution in [2.24, 2.45) is 0 Å². The number of carbonyl (C=O) groups is 2. The average molecular weight is 469 g/mol. The van der Waals surface area contributed by atoms with Gasteiger partial charge >= 0.3 is 0 Å². The molecule has 2 N–H and O–H groups in total. The summed E-state index contributed by atoms with van der Waals surface area (Å²) in [5, 5.41) is 5.91. The van der Waals surface area contributed by atoms with Crippen molar-refractivity contribution in [1.82, 2.24) is 0 Å². The Morgan fingerprint density at radius 3 is 1.35 bits per heavy atom. The number of benzene rings is 2. The molecule has 0 heterocycles. The number of para-hydroxylation sites is 4. The maximum atomic E-state index is 12.3. The summed E-state index contributed by atoms with van der Waals surface area (Å²) in [4.78, 5) is 24.5. The van der Waals surface area contributed by atoms with Crippen molar-refractivity contribution < 1.29 is 19.1 Å². The predicted octanol–water partition coefficient (Wildman–Crippen LogP) is 6.96. The Labute approximate surface area is 204 Å². The maximum Gasteiger partial charge on any atom is 0.224 e. The Balaban J connectivity index is 1.56. The van der Waals surface area contributed by atoms with E-state index in [1.807, 2.05) is 76.2 Å². The van der Waals surface area contributed by atoms with Gasteiger partial charge in [0.1, 0.15) is 11.5 Å². The molecular weight excluding hydrogens is 428 g/mol. The van der Waals surface area contributed by atoms with E-state index in [2.05, 4.69) is 10.6 Å². The molecular formula is C28H40N2O4. The number of hydrogen-bond donors (Lipinski definition) is 2. The molecule has 186 valence electrons. The van der Waals surface area contributed by atoms with E-state index in [9.17, 15) is 9.59 Å². The van der Waals surface area contributed by atoms with Crippen LogP contribution in [0.1, 0.15) is 79.1 Å². The minimum atomic E-state index is 0.0122. The minimum Gasteiger partial charge on any atom is -0.489 e. The van der Waals surface area contributed by atoms with E-state index in [0.29, 0.717) is 24.3 Å². The van der Waals surface area contributed by atoms with Gasteiger partial charge in [-0.25, -0.2) is 0 Å². The van der Waals surface area contributed by atoms with Gasteiger partial charge < -0.3 is 20.1 Å². The standard InChI is InChI=1S/C28H40N2O4/c1-21(2)33-25-17-13-11-15-23(25)29-27(31)19-9-7-5-6-8-10-20-28(32)30-24-16-12-14-18-26(24)34-22(3)4/h11-18,21-22H,5-10,19-20H2,1-4H3,(H,29,31)(H,30,32). The predicted molar refractivity (Wildman–Crippen MR) is 139 cm³/mol. The van der Waals surface area contributed by atoms with E-state index in [4.69, 9.17) is 9.47 Å². The van der Waals surface area contributed by atoms with Crippen molar-refractivity contribution in [2.75, 3.05) is 10.6 Å². The van der Waals surface area contributed by atoms with Crippen LogP contribution in [-0.2, 0) is 9.59 Å². The zero-order valence-corrected chi connectivity index (χ0v) is 21.1. The molecule has 0 aliphatic heterocycles. The highest BCUT2D eigenvalue weighted by atomic mass is 16.5. The Hall–Kier alpha value is -3.02. The van der Waals surface area contributed by atoms with Crippen LogP contribution in [0.25, 0.3) is 0 Å². The number of hydrogen-bond acceptors (Lipinski definition) is 4. The molecule has 34 heavy (non-hydrogen) atoms. The highest BCUT2D eigenvalue weighted by molar-refractivity contribution is 5.92. The molecule has 6 nitrogen and oxygen atoms in total. The summed E-state index contributed by atoms with van der Waals surface area (Å²) >= 11 is 0. The number of anilines is 2. The molecule has 6 heteroatoms. The number of amides is 2. The fourth-order valence-corrected chi connectivity index (χ4v) is 3.56. The van der Waals surface area contributed by atoms with Gasteiger partial charge in [0.25, 0.3) is 0 Å². The Morgan fingerprint density at radius 2 is 0.971 bits per heavy atom. The molecule has 0 spiro atoms. The first-order valence-corrected chi connectivity index (χ1v) is 12.5. The molecule has 2 amide bonds. The molecule has 2 aromatic carbocycles. The minimum absolute atomic E-state index is 0.0122. The lowest BCUT2D eigenvalue weighted by molar-refractivity contribution is -0.117. The second-order valence-electron chi connectivity index (χ2n) is 9.04.